The Balaban J connectivity index is 0.00000225. The number of benzene rings is 1. The Morgan fingerprint density at radius 2 is 2.00 bits per heavy atom. The number of hydrogen-bond donors (Lipinski definition) is 2. The Kier molecular flexibility index (Phi) is 8.00. The number of nitrogens with one attached hydrogen (secondary N) is 2. The maximum atomic E-state index is 12.3. The zero-order valence-electron chi connectivity index (χ0n) is 15.1. The first-order chi connectivity index (χ1) is 11.7. The number of carbonyl (C=O) groups excluding carboxylic acids is 1. The number of nitrogens with zero attached hydrogens (tertiary/aromatic N) is 1. The Hall–Kier alpha value is -1.30. The lowest BCUT2D eigenvalue weighted by Gasteiger charge is -2.22. The molecule has 140 valence electrons. The van der Waals surface area contributed by atoms with Crippen molar-refractivity contribution in [2.24, 2.45) is 5.92 Å². The quantitative estimate of drug-likeness (QED) is 0.811. The van der Waals surface area contributed by atoms with Gasteiger partial charge in [-0.15, -0.1) is 12.4 Å². The first-order valence-electron chi connectivity index (χ1n) is 9.20. The summed E-state index contributed by atoms with van der Waals surface area (Å²) in [5, 5.41) is 6.34. The average Bonchev–Trinajstić information content (AvgIpc) is 3.11. The van der Waals surface area contributed by atoms with Gasteiger partial charge < -0.3 is 15.4 Å². The molecule has 2 aliphatic rings. The van der Waals surface area contributed by atoms with Gasteiger partial charge in [-0.1, -0.05) is 0 Å². The third kappa shape index (κ3) is 5.87. The third-order valence-electron chi connectivity index (χ3n) is 5.02. The summed E-state index contributed by atoms with van der Waals surface area (Å²) in [5.74, 6) is 1.18. The van der Waals surface area contributed by atoms with Gasteiger partial charge >= 0.3 is 0 Å². The standard InChI is InChI=1S/C19H29N3O2.ClH/c1-15-14-17(21-19(23)16-6-8-20-9-7-16)4-5-18(15)24-13-12-22-10-2-3-11-22;/h4-5,14,16,20H,2-3,6-13H2,1H3,(H,21,23);1H. The molecule has 2 fully saturated rings. The van der Waals surface area contributed by atoms with Crippen LogP contribution in [0.1, 0.15) is 31.2 Å². The predicted molar refractivity (Wildman–Crippen MR) is 104 cm³/mol. The summed E-state index contributed by atoms with van der Waals surface area (Å²) < 4.78 is 5.91. The first-order valence-corrected chi connectivity index (χ1v) is 9.20. The lowest BCUT2D eigenvalue weighted by molar-refractivity contribution is -0.120. The molecule has 25 heavy (non-hydrogen) atoms. The minimum atomic E-state index is 0. The zero-order chi connectivity index (χ0) is 16.8. The van der Waals surface area contributed by atoms with E-state index in [-0.39, 0.29) is 24.2 Å². The normalized spacial score (nSPS) is 18.6. The van der Waals surface area contributed by atoms with E-state index < -0.39 is 0 Å². The molecule has 2 N–H and O–H groups in total. The summed E-state index contributed by atoms with van der Waals surface area (Å²) >= 11 is 0. The Bertz CT molecular complexity index is 556. The van der Waals surface area contributed by atoms with E-state index in [1.54, 1.807) is 0 Å². The van der Waals surface area contributed by atoms with Crippen molar-refractivity contribution in [3.05, 3.63) is 23.8 Å². The molecule has 0 bridgehead atoms. The molecule has 2 heterocycles. The number of amides is 1. The first kappa shape index (κ1) is 20.0. The van der Waals surface area contributed by atoms with Crippen LogP contribution < -0.4 is 15.4 Å². The second-order valence-corrected chi connectivity index (χ2v) is 6.89. The van der Waals surface area contributed by atoms with Gasteiger partial charge in [-0.2, -0.15) is 0 Å². The summed E-state index contributed by atoms with van der Waals surface area (Å²) in [5.41, 5.74) is 1.93. The van der Waals surface area contributed by atoms with E-state index in [0.717, 1.165) is 56.1 Å². The van der Waals surface area contributed by atoms with Gasteiger partial charge in [0.1, 0.15) is 12.4 Å². The van der Waals surface area contributed by atoms with Gasteiger partial charge in [0.2, 0.25) is 5.91 Å². The maximum absolute atomic E-state index is 12.3. The summed E-state index contributed by atoms with van der Waals surface area (Å²) in [6.45, 7) is 8.01. The number of hydrogen-bond acceptors (Lipinski definition) is 4. The zero-order valence-corrected chi connectivity index (χ0v) is 15.9. The fourth-order valence-corrected chi connectivity index (χ4v) is 3.51. The highest BCUT2D eigenvalue weighted by molar-refractivity contribution is 5.92. The van der Waals surface area contributed by atoms with Gasteiger partial charge in [0.05, 0.1) is 0 Å². The fraction of sp³-hybridized carbons (Fsp3) is 0.632. The van der Waals surface area contributed by atoms with Gasteiger partial charge in [-0.3, -0.25) is 9.69 Å². The summed E-state index contributed by atoms with van der Waals surface area (Å²) in [4.78, 5) is 14.8. The number of likely N-dealkylation sites (tertiary alicyclic amines) is 1. The fourth-order valence-electron chi connectivity index (χ4n) is 3.51. The van der Waals surface area contributed by atoms with Crippen LogP contribution in [-0.4, -0.2) is 50.1 Å². The molecule has 1 amide bonds. The molecule has 5 nitrogen and oxygen atoms in total. The Morgan fingerprint density at radius 3 is 2.68 bits per heavy atom. The van der Waals surface area contributed by atoms with E-state index >= 15 is 0 Å². The number of halogens is 1. The number of carbonyl (C=O) groups is 1. The molecule has 0 atom stereocenters. The second kappa shape index (κ2) is 10.00. The number of anilines is 1. The highest BCUT2D eigenvalue weighted by Crippen LogP contribution is 2.23. The highest BCUT2D eigenvalue weighted by atomic mass is 35.5. The molecule has 3 rings (SSSR count). The average molecular weight is 368 g/mol. The van der Waals surface area contributed by atoms with Crippen molar-refractivity contribution < 1.29 is 9.53 Å². The van der Waals surface area contributed by atoms with E-state index in [1.807, 2.05) is 25.1 Å². The molecule has 0 aliphatic carbocycles. The molecule has 0 aromatic heterocycles. The minimum absolute atomic E-state index is 0. The van der Waals surface area contributed by atoms with Crippen LogP contribution in [0.5, 0.6) is 5.75 Å². The predicted octanol–water partition coefficient (Wildman–Crippen LogP) is 2.83. The van der Waals surface area contributed by atoms with Gasteiger partial charge in [0, 0.05) is 18.2 Å². The number of ether oxygens (including phenoxy) is 1. The maximum Gasteiger partial charge on any atom is 0.227 e. The van der Waals surface area contributed by atoms with Crippen LogP contribution in [0.3, 0.4) is 0 Å². The molecular weight excluding hydrogens is 338 g/mol. The van der Waals surface area contributed by atoms with Gasteiger partial charge in [-0.25, -0.2) is 0 Å². The van der Waals surface area contributed by atoms with Crippen LogP contribution >= 0.6 is 12.4 Å². The van der Waals surface area contributed by atoms with Crippen LogP contribution in [0.15, 0.2) is 18.2 Å². The van der Waals surface area contributed by atoms with E-state index in [2.05, 4.69) is 15.5 Å². The van der Waals surface area contributed by atoms with E-state index in [9.17, 15) is 4.79 Å². The molecule has 0 unspecified atom stereocenters. The van der Waals surface area contributed by atoms with Crippen molar-refractivity contribution in [2.75, 3.05) is 44.6 Å². The van der Waals surface area contributed by atoms with E-state index in [4.69, 9.17) is 4.74 Å². The molecule has 0 radical (unpaired) electrons. The van der Waals surface area contributed by atoms with Crippen LogP contribution in [0.4, 0.5) is 5.69 Å². The number of aryl methyl sites for hydroxylation is 1. The lowest BCUT2D eigenvalue weighted by atomic mass is 9.97. The molecule has 0 spiro atoms. The lowest BCUT2D eigenvalue weighted by Crippen LogP contribution is -2.34. The van der Waals surface area contributed by atoms with Crippen molar-refractivity contribution in [3.8, 4) is 5.75 Å². The molecular formula is C19H30ClN3O2. The molecule has 1 aromatic carbocycles. The van der Waals surface area contributed by atoms with Crippen molar-refractivity contribution in [1.82, 2.24) is 10.2 Å². The molecule has 6 heteroatoms. The summed E-state index contributed by atoms with van der Waals surface area (Å²) in [7, 11) is 0. The number of rotatable bonds is 6. The smallest absolute Gasteiger partial charge is 0.227 e. The van der Waals surface area contributed by atoms with Crippen molar-refractivity contribution in [1.29, 1.82) is 0 Å². The molecule has 2 saturated heterocycles. The topological polar surface area (TPSA) is 53.6 Å². The third-order valence-corrected chi connectivity index (χ3v) is 5.02. The van der Waals surface area contributed by atoms with Crippen molar-refractivity contribution >= 4 is 24.0 Å². The molecule has 1 aromatic rings. The highest BCUT2D eigenvalue weighted by Gasteiger charge is 2.21. The Labute approximate surface area is 156 Å². The van der Waals surface area contributed by atoms with Gasteiger partial charge in [0.15, 0.2) is 0 Å². The van der Waals surface area contributed by atoms with Gasteiger partial charge in [-0.05, 0) is 82.5 Å². The second-order valence-electron chi connectivity index (χ2n) is 6.89. The minimum Gasteiger partial charge on any atom is -0.492 e. The van der Waals surface area contributed by atoms with E-state index in [1.165, 1.54) is 25.9 Å². The van der Waals surface area contributed by atoms with Crippen LogP contribution in [0, 0.1) is 12.8 Å². The molecule has 0 saturated carbocycles. The van der Waals surface area contributed by atoms with Crippen molar-refractivity contribution in [2.45, 2.75) is 32.6 Å². The summed E-state index contributed by atoms with van der Waals surface area (Å²) in [6.07, 6.45) is 4.46. The van der Waals surface area contributed by atoms with E-state index in [0.29, 0.717) is 0 Å². The van der Waals surface area contributed by atoms with Crippen LogP contribution in [-0.2, 0) is 4.79 Å². The van der Waals surface area contributed by atoms with Crippen molar-refractivity contribution in [3.63, 3.8) is 0 Å². The SMILES string of the molecule is Cc1cc(NC(=O)C2CCNCC2)ccc1OCCN1CCCC1.Cl. The summed E-state index contributed by atoms with van der Waals surface area (Å²) in [6, 6.07) is 5.92. The Morgan fingerprint density at radius 1 is 1.28 bits per heavy atom. The van der Waals surface area contributed by atoms with Gasteiger partial charge in [0.25, 0.3) is 0 Å². The largest absolute Gasteiger partial charge is 0.492 e. The monoisotopic (exact) mass is 367 g/mol. The van der Waals surface area contributed by atoms with Crippen LogP contribution in [0.2, 0.25) is 0 Å². The number of piperidine rings is 1. The molecule has 2 aliphatic heterocycles. The van der Waals surface area contributed by atoms with Crippen LogP contribution in [0.25, 0.3) is 0 Å².